The topological polar surface area (TPSA) is 45.2 Å². The van der Waals surface area contributed by atoms with E-state index >= 15 is 0 Å². The highest BCUT2D eigenvalue weighted by molar-refractivity contribution is 14.1. The minimum absolute atomic E-state index is 0.0328. The van der Waals surface area contributed by atoms with E-state index in [2.05, 4.69) is 68.1 Å². The summed E-state index contributed by atoms with van der Waals surface area (Å²) < 4.78 is 2.02. The van der Waals surface area contributed by atoms with Crippen molar-refractivity contribution in [2.75, 3.05) is 7.05 Å². The van der Waals surface area contributed by atoms with Crippen molar-refractivity contribution < 1.29 is 4.79 Å². The van der Waals surface area contributed by atoms with Crippen molar-refractivity contribution in [1.82, 2.24) is 15.2 Å². The summed E-state index contributed by atoms with van der Waals surface area (Å²) in [6, 6.07) is 21.2. The molecule has 0 saturated heterocycles. The molecule has 35 heavy (non-hydrogen) atoms. The second kappa shape index (κ2) is 10.9. The number of aromatic nitrogens is 1. The number of fused-ring (bicyclic) bond motifs is 1. The predicted molar refractivity (Wildman–Crippen MR) is 154 cm³/mol. The zero-order valence-electron chi connectivity index (χ0n) is 19.5. The zero-order valence-corrected chi connectivity index (χ0v) is 23.2. The lowest BCUT2D eigenvalue weighted by Gasteiger charge is -2.37. The summed E-state index contributed by atoms with van der Waals surface area (Å²) in [5, 5.41) is 4.93. The third-order valence-corrected chi connectivity index (χ3v) is 9.18. The number of carbonyl (C=O) groups excluding carboxylic acids is 1. The number of nitrogens with one attached hydrogen (secondary N) is 1. The first kappa shape index (κ1) is 24.7. The van der Waals surface area contributed by atoms with Gasteiger partial charge in [-0.1, -0.05) is 54.1 Å². The smallest absolute Gasteiger partial charge is 0.266 e. The van der Waals surface area contributed by atoms with E-state index in [-0.39, 0.29) is 11.9 Å². The van der Waals surface area contributed by atoms with Gasteiger partial charge in [-0.15, -0.1) is 11.3 Å². The summed E-state index contributed by atoms with van der Waals surface area (Å²) >= 11 is 10.5. The van der Waals surface area contributed by atoms with Crippen molar-refractivity contribution in [3.63, 3.8) is 0 Å². The normalized spacial score (nSPS) is 18.0. The zero-order chi connectivity index (χ0) is 24.4. The maximum absolute atomic E-state index is 14.0. The van der Waals surface area contributed by atoms with Gasteiger partial charge in [0.15, 0.2) is 0 Å². The van der Waals surface area contributed by atoms with Gasteiger partial charge in [0.25, 0.3) is 5.91 Å². The molecular weight excluding hydrogens is 589 g/mol. The molecule has 7 heteroatoms. The fraction of sp³-hybridized carbons (Fsp3) is 0.286. The Kier molecular flexibility index (Phi) is 7.72. The first-order chi connectivity index (χ1) is 17.0. The molecule has 180 valence electrons. The molecule has 1 amide bonds. The number of thiophene rings is 1. The molecule has 1 saturated carbocycles. The van der Waals surface area contributed by atoms with E-state index in [4.69, 9.17) is 11.6 Å². The fourth-order valence-electron chi connectivity index (χ4n) is 4.92. The average Bonchev–Trinajstić information content (AvgIpc) is 3.24. The Balaban J connectivity index is 1.47. The summed E-state index contributed by atoms with van der Waals surface area (Å²) in [7, 11) is 2.02. The molecule has 5 rings (SSSR count). The lowest BCUT2D eigenvalue weighted by Crippen LogP contribution is -2.44. The molecule has 0 radical (unpaired) electrons. The van der Waals surface area contributed by atoms with Crippen LogP contribution in [0.5, 0.6) is 0 Å². The molecule has 0 atom stereocenters. The van der Waals surface area contributed by atoms with Crippen molar-refractivity contribution in [3.8, 4) is 11.1 Å². The van der Waals surface area contributed by atoms with Crippen LogP contribution in [0.1, 0.15) is 40.9 Å². The van der Waals surface area contributed by atoms with Gasteiger partial charge < -0.3 is 10.2 Å². The van der Waals surface area contributed by atoms with Gasteiger partial charge in [0.2, 0.25) is 0 Å². The maximum atomic E-state index is 14.0. The van der Waals surface area contributed by atoms with Crippen molar-refractivity contribution in [3.05, 3.63) is 86.0 Å². The summed E-state index contributed by atoms with van der Waals surface area (Å²) in [4.78, 5) is 21.1. The minimum Gasteiger partial charge on any atom is -0.331 e. The lowest BCUT2D eigenvalue weighted by atomic mass is 9.89. The Bertz CT molecular complexity index is 1330. The van der Waals surface area contributed by atoms with Crippen LogP contribution >= 0.6 is 45.5 Å². The first-order valence-electron chi connectivity index (χ1n) is 11.9. The van der Waals surface area contributed by atoms with Gasteiger partial charge in [0, 0.05) is 40.5 Å². The fourth-order valence-corrected chi connectivity index (χ4v) is 6.70. The van der Waals surface area contributed by atoms with E-state index in [1.165, 1.54) is 11.3 Å². The third-order valence-electron chi connectivity index (χ3n) is 6.88. The van der Waals surface area contributed by atoms with Gasteiger partial charge in [-0.3, -0.25) is 4.79 Å². The van der Waals surface area contributed by atoms with Crippen LogP contribution < -0.4 is 5.32 Å². The number of carbonyl (C=O) groups is 1. The van der Waals surface area contributed by atoms with Crippen LogP contribution in [0, 0.1) is 3.70 Å². The number of amides is 1. The third kappa shape index (κ3) is 5.40. The molecule has 1 fully saturated rings. The number of hydrogen-bond donors (Lipinski definition) is 1. The highest BCUT2D eigenvalue weighted by atomic mass is 127. The molecule has 2 aromatic carbocycles. The molecule has 0 unspecified atom stereocenters. The highest BCUT2D eigenvalue weighted by Crippen LogP contribution is 2.37. The van der Waals surface area contributed by atoms with Crippen molar-refractivity contribution >= 4 is 61.5 Å². The molecule has 1 N–H and O–H groups in total. The monoisotopic (exact) mass is 615 g/mol. The standard InChI is InChI=1S/C28H27ClIN3OS/c1-31-21-10-12-22(13-11-21)33(28(34)27-26(29)23-7-2-3-8-24(23)35-27)17-18-5-4-6-19(15-18)20-9-14-25(30)32-16-20/h2-9,14-16,21-22,31H,10-13,17H2,1H3. The van der Waals surface area contributed by atoms with Crippen molar-refractivity contribution in [2.45, 2.75) is 44.3 Å². The van der Waals surface area contributed by atoms with Crippen LogP contribution in [0.15, 0.2) is 66.9 Å². The maximum Gasteiger partial charge on any atom is 0.266 e. The number of halogens is 2. The van der Waals surface area contributed by atoms with Gasteiger partial charge >= 0.3 is 0 Å². The van der Waals surface area contributed by atoms with Crippen LogP contribution in [0.2, 0.25) is 5.02 Å². The van der Waals surface area contributed by atoms with Crippen LogP contribution in [0.4, 0.5) is 0 Å². The van der Waals surface area contributed by atoms with Gasteiger partial charge in [-0.2, -0.15) is 0 Å². The molecule has 1 aliphatic rings. The van der Waals surface area contributed by atoms with E-state index < -0.39 is 0 Å². The second-order valence-corrected chi connectivity index (χ2v) is 11.6. The molecular formula is C28H27ClIN3OS. The average molecular weight is 616 g/mol. The summed E-state index contributed by atoms with van der Waals surface area (Å²) in [6.07, 6.45) is 6.01. The van der Waals surface area contributed by atoms with Gasteiger partial charge in [0.05, 0.1) is 5.02 Å². The summed E-state index contributed by atoms with van der Waals surface area (Å²) in [5.74, 6) is 0.0328. The molecule has 4 aromatic rings. The van der Waals surface area contributed by atoms with Crippen LogP contribution in [-0.2, 0) is 6.54 Å². The van der Waals surface area contributed by atoms with Crippen LogP contribution in [-0.4, -0.2) is 34.9 Å². The SMILES string of the molecule is CNC1CCC(N(Cc2cccc(-c3ccc(I)nc3)c2)C(=O)c2sc3ccccc3c2Cl)CC1. The Morgan fingerprint density at radius 1 is 1.09 bits per heavy atom. The number of hydrogen-bond acceptors (Lipinski definition) is 4. The molecule has 0 aliphatic heterocycles. The number of benzene rings is 2. The quantitative estimate of drug-likeness (QED) is 0.182. The Labute approximate surface area is 228 Å². The minimum atomic E-state index is 0.0328. The second-order valence-electron chi connectivity index (χ2n) is 9.04. The molecule has 0 spiro atoms. The molecule has 2 aromatic heterocycles. The van der Waals surface area contributed by atoms with Crippen LogP contribution in [0.25, 0.3) is 21.2 Å². The van der Waals surface area contributed by atoms with E-state index in [1.54, 1.807) is 0 Å². The van der Waals surface area contributed by atoms with E-state index in [1.807, 2.05) is 43.6 Å². The Morgan fingerprint density at radius 2 is 1.89 bits per heavy atom. The number of rotatable bonds is 6. The van der Waals surface area contributed by atoms with E-state index in [0.29, 0.717) is 22.5 Å². The highest BCUT2D eigenvalue weighted by Gasteiger charge is 2.31. The summed E-state index contributed by atoms with van der Waals surface area (Å²) in [6.45, 7) is 0.559. The molecule has 1 aliphatic carbocycles. The van der Waals surface area contributed by atoms with Gasteiger partial charge in [-0.25, -0.2) is 4.98 Å². The van der Waals surface area contributed by atoms with Crippen LogP contribution in [0.3, 0.4) is 0 Å². The predicted octanol–water partition coefficient (Wildman–Crippen LogP) is 7.39. The molecule has 0 bridgehead atoms. The van der Waals surface area contributed by atoms with Gasteiger partial charge in [-0.05, 0) is 84.6 Å². The summed E-state index contributed by atoms with van der Waals surface area (Å²) in [5.41, 5.74) is 3.30. The van der Waals surface area contributed by atoms with Gasteiger partial charge in [0.1, 0.15) is 8.58 Å². The van der Waals surface area contributed by atoms with Crippen molar-refractivity contribution in [2.24, 2.45) is 0 Å². The molecule has 4 nitrogen and oxygen atoms in total. The number of pyridine rings is 1. The largest absolute Gasteiger partial charge is 0.331 e. The first-order valence-corrected chi connectivity index (χ1v) is 14.2. The molecule has 2 heterocycles. The van der Waals surface area contributed by atoms with Crippen molar-refractivity contribution in [1.29, 1.82) is 0 Å². The Hall–Kier alpha value is -2.00. The van der Waals surface area contributed by atoms with E-state index in [0.717, 1.165) is 56.2 Å². The lowest BCUT2D eigenvalue weighted by molar-refractivity contribution is 0.0606. The van der Waals surface area contributed by atoms with E-state index in [9.17, 15) is 4.79 Å². The number of nitrogens with zero attached hydrogens (tertiary/aromatic N) is 2. The Morgan fingerprint density at radius 3 is 2.60 bits per heavy atom.